The Kier molecular flexibility index (Phi) is 7.37. The van der Waals surface area contributed by atoms with Crippen molar-refractivity contribution in [2.75, 3.05) is 24.6 Å². The Balaban J connectivity index is 1.24. The number of ether oxygens (including phenoxy) is 1. The Bertz CT molecular complexity index is 1050. The normalized spacial score (nSPS) is 14.8. The van der Waals surface area contributed by atoms with Crippen LogP contribution >= 0.6 is 11.6 Å². The van der Waals surface area contributed by atoms with Crippen molar-refractivity contribution in [3.8, 4) is 17.1 Å². The second-order valence-corrected chi connectivity index (χ2v) is 8.88. The third-order valence-electron chi connectivity index (χ3n) is 5.75. The van der Waals surface area contributed by atoms with Gasteiger partial charge in [-0.05, 0) is 31.6 Å². The Morgan fingerprint density at radius 1 is 1.15 bits per heavy atom. The van der Waals surface area contributed by atoms with Crippen LogP contribution in [0.2, 0.25) is 5.15 Å². The minimum Gasteiger partial charge on any atom is -0.493 e. The Hall–Kier alpha value is -2.81. The third kappa shape index (κ3) is 5.76. The van der Waals surface area contributed by atoms with Crippen molar-refractivity contribution >= 4 is 17.4 Å². The molecule has 0 aliphatic carbocycles. The molecule has 3 aromatic rings. The van der Waals surface area contributed by atoms with Gasteiger partial charge >= 0.3 is 0 Å². The highest BCUT2D eigenvalue weighted by Gasteiger charge is 2.22. The maximum atomic E-state index is 14.5. The van der Waals surface area contributed by atoms with Crippen molar-refractivity contribution < 1.29 is 18.0 Å². The van der Waals surface area contributed by atoms with E-state index in [-0.39, 0.29) is 23.1 Å². The predicted octanol–water partition coefficient (Wildman–Crippen LogP) is 5.66. The van der Waals surface area contributed by atoms with Gasteiger partial charge in [0.2, 0.25) is 11.7 Å². The first kappa shape index (κ1) is 23.4. The molecule has 10 heteroatoms. The highest BCUT2D eigenvalue weighted by molar-refractivity contribution is 6.29. The van der Waals surface area contributed by atoms with Gasteiger partial charge in [0, 0.05) is 31.1 Å². The van der Waals surface area contributed by atoms with Gasteiger partial charge < -0.3 is 14.2 Å². The molecule has 0 radical (unpaired) electrons. The average molecular weight is 478 g/mol. The summed E-state index contributed by atoms with van der Waals surface area (Å²) in [6.07, 6.45) is 7.14. The molecule has 1 aliphatic heterocycles. The van der Waals surface area contributed by atoms with Gasteiger partial charge in [-0.25, -0.2) is 18.7 Å². The van der Waals surface area contributed by atoms with Gasteiger partial charge in [-0.2, -0.15) is 4.98 Å². The molecule has 0 atom stereocenters. The second-order valence-electron chi connectivity index (χ2n) is 8.49. The van der Waals surface area contributed by atoms with Gasteiger partial charge in [-0.3, -0.25) is 0 Å². The number of halogens is 3. The number of piperidine rings is 1. The number of nitrogens with zero attached hydrogens (tertiary/aromatic N) is 5. The fraction of sp³-hybridized carbons (Fsp3) is 0.478. The van der Waals surface area contributed by atoms with Crippen LogP contribution in [0.15, 0.2) is 29.0 Å². The maximum Gasteiger partial charge on any atom is 0.229 e. The van der Waals surface area contributed by atoms with E-state index in [2.05, 4.69) is 25.0 Å². The lowest BCUT2D eigenvalue weighted by Crippen LogP contribution is -2.34. The molecule has 0 amide bonds. The summed E-state index contributed by atoms with van der Waals surface area (Å²) >= 11 is 5.80. The van der Waals surface area contributed by atoms with E-state index in [1.165, 1.54) is 0 Å². The Morgan fingerprint density at radius 3 is 2.48 bits per heavy atom. The largest absolute Gasteiger partial charge is 0.493 e. The quantitative estimate of drug-likeness (QED) is 0.387. The first-order valence-electron chi connectivity index (χ1n) is 11.1. The number of aromatic nitrogens is 4. The van der Waals surface area contributed by atoms with E-state index in [1.54, 1.807) is 12.4 Å². The molecule has 1 aromatic carbocycles. The predicted molar refractivity (Wildman–Crippen MR) is 120 cm³/mol. The smallest absolute Gasteiger partial charge is 0.229 e. The number of benzene rings is 1. The standard InChI is InChI=1S/C23H26ClF2N5O2/c1-14(2)23-29-22(30-33-23)21-17(25)10-16(11-18(21)26)32-9-3-4-15-5-7-31(8-6-15)20-13-27-19(24)12-28-20/h10-15H,3-9H2,1-2H3. The summed E-state index contributed by atoms with van der Waals surface area (Å²) in [7, 11) is 0. The molecule has 1 saturated heterocycles. The molecule has 0 unspecified atom stereocenters. The van der Waals surface area contributed by atoms with Crippen molar-refractivity contribution in [1.29, 1.82) is 0 Å². The highest BCUT2D eigenvalue weighted by Crippen LogP contribution is 2.30. The van der Waals surface area contributed by atoms with E-state index in [0.717, 1.165) is 56.7 Å². The van der Waals surface area contributed by atoms with Crippen molar-refractivity contribution in [2.24, 2.45) is 5.92 Å². The van der Waals surface area contributed by atoms with E-state index in [0.29, 0.717) is 23.6 Å². The van der Waals surface area contributed by atoms with Crippen molar-refractivity contribution in [3.63, 3.8) is 0 Å². The number of anilines is 1. The zero-order valence-electron chi connectivity index (χ0n) is 18.6. The Morgan fingerprint density at radius 2 is 1.88 bits per heavy atom. The molecule has 33 heavy (non-hydrogen) atoms. The molecule has 3 heterocycles. The summed E-state index contributed by atoms with van der Waals surface area (Å²) in [4.78, 5) is 14.7. The molecule has 0 bridgehead atoms. The number of rotatable bonds is 8. The van der Waals surface area contributed by atoms with Crippen LogP contribution in [0.25, 0.3) is 11.4 Å². The van der Waals surface area contributed by atoms with Crippen LogP contribution in [-0.4, -0.2) is 39.8 Å². The van der Waals surface area contributed by atoms with E-state index < -0.39 is 11.6 Å². The van der Waals surface area contributed by atoms with Crippen LogP contribution in [0.1, 0.15) is 51.3 Å². The van der Waals surface area contributed by atoms with Crippen LogP contribution in [0, 0.1) is 17.6 Å². The highest BCUT2D eigenvalue weighted by atomic mass is 35.5. The molecule has 1 aliphatic rings. The van der Waals surface area contributed by atoms with Gasteiger partial charge in [-0.15, -0.1) is 0 Å². The molecule has 2 aromatic heterocycles. The average Bonchev–Trinajstić information content (AvgIpc) is 3.27. The van der Waals surface area contributed by atoms with Crippen LogP contribution in [-0.2, 0) is 0 Å². The molecular weight excluding hydrogens is 452 g/mol. The van der Waals surface area contributed by atoms with E-state index >= 15 is 0 Å². The molecule has 0 N–H and O–H groups in total. The fourth-order valence-electron chi connectivity index (χ4n) is 3.90. The van der Waals surface area contributed by atoms with Crippen molar-refractivity contribution in [1.82, 2.24) is 20.1 Å². The van der Waals surface area contributed by atoms with Crippen LogP contribution in [0.5, 0.6) is 5.75 Å². The first-order chi connectivity index (χ1) is 15.9. The van der Waals surface area contributed by atoms with Crippen molar-refractivity contribution in [3.05, 3.63) is 47.2 Å². The molecule has 7 nitrogen and oxygen atoms in total. The lowest BCUT2D eigenvalue weighted by molar-refractivity contribution is 0.277. The molecule has 1 fully saturated rings. The van der Waals surface area contributed by atoms with Crippen LogP contribution in [0.4, 0.5) is 14.6 Å². The summed E-state index contributed by atoms with van der Waals surface area (Å²) in [5.41, 5.74) is -0.310. The van der Waals surface area contributed by atoms with Gasteiger partial charge in [-0.1, -0.05) is 30.6 Å². The van der Waals surface area contributed by atoms with Gasteiger partial charge in [0.1, 0.15) is 28.4 Å². The van der Waals surface area contributed by atoms with Gasteiger partial charge in [0.25, 0.3) is 0 Å². The second kappa shape index (κ2) is 10.4. The first-order valence-corrected chi connectivity index (χ1v) is 11.5. The molecular formula is C23H26ClF2N5O2. The van der Waals surface area contributed by atoms with Crippen LogP contribution < -0.4 is 9.64 Å². The van der Waals surface area contributed by atoms with E-state index in [4.69, 9.17) is 20.9 Å². The summed E-state index contributed by atoms with van der Waals surface area (Å²) in [5.74, 6) is 0.213. The lowest BCUT2D eigenvalue weighted by Gasteiger charge is -2.32. The zero-order chi connectivity index (χ0) is 23.4. The minimum absolute atomic E-state index is 0.0293. The van der Waals surface area contributed by atoms with Gasteiger partial charge in [0.15, 0.2) is 0 Å². The minimum atomic E-state index is -0.779. The molecule has 176 valence electrons. The molecule has 0 saturated carbocycles. The van der Waals surface area contributed by atoms with Crippen LogP contribution in [0.3, 0.4) is 0 Å². The number of hydrogen-bond acceptors (Lipinski definition) is 7. The topological polar surface area (TPSA) is 77.2 Å². The maximum absolute atomic E-state index is 14.5. The summed E-state index contributed by atoms with van der Waals surface area (Å²) in [6.45, 7) is 5.93. The Labute approximate surface area is 196 Å². The lowest BCUT2D eigenvalue weighted by atomic mass is 9.92. The zero-order valence-corrected chi connectivity index (χ0v) is 19.4. The summed E-state index contributed by atoms with van der Waals surface area (Å²) in [6, 6.07) is 2.32. The molecule has 4 rings (SSSR count). The van der Waals surface area contributed by atoms with Gasteiger partial charge in [0.05, 0.1) is 24.6 Å². The molecule has 0 spiro atoms. The SMILES string of the molecule is CC(C)c1nc(-c2c(F)cc(OCCCC3CCN(c4cnc(Cl)cn4)CC3)cc2F)no1. The van der Waals surface area contributed by atoms with Crippen molar-refractivity contribution in [2.45, 2.75) is 45.4 Å². The summed E-state index contributed by atoms with van der Waals surface area (Å²) in [5, 5.41) is 4.08. The third-order valence-corrected chi connectivity index (χ3v) is 5.94. The van der Waals surface area contributed by atoms with E-state index in [1.807, 2.05) is 13.8 Å². The fourth-order valence-corrected chi connectivity index (χ4v) is 4.00. The number of hydrogen-bond donors (Lipinski definition) is 0. The monoisotopic (exact) mass is 477 g/mol. The van der Waals surface area contributed by atoms with E-state index in [9.17, 15) is 8.78 Å². The summed E-state index contributed by atoms with van der Waals surface area (Å²) < 4.78 is 39.7.